The highest BCUT2D eigenvalue weighted by Gasteiger charge is 2.04. The molecule has 1 rings (SSSR count). The number of hydrogen-bond acceptors (Lipinski definition) is 2. The van der Waals surface area contributed by atoms with Crippen molar-refractivity contribution in [2.75, 3.05) is 0 Å². The van der Waals surface area contributed by atoms with Crippen LogP contribution in [-0.2, 0) is 4.79 Å². The maximum absolute atomic E-state index is 12.9. The van der Waals surface area contributed by atoms with Crippen LogP contribution in [0.2, 0.25) is 0 Å². The molecule has 0 aliphatic rings. The average Bonchev–Trinajstić information content (AvgIpc) is 2.17. The van der Waals surface area contributed by atoms with Crippen LogP contribution in [0.4, 0.5) is 4.39 Å². The lowest BCUT2D eigenvalue weighted by Gasteiger charge is -2.01. The van der Waals surface area contributed by atoms with Gasteiger partial charge in [0.2, 0.25) is 0 Å². The third kappa shape index (κ3) is 2.64. The first kappa shape index (κ1) is 10.9. The van der Waals surface area contributed by atoms with Gasteiger partial charge in [-0.2, -0.15) is 5.26 Å². The Hall–Kier alpha value is -2.15. The van der Waals surface area contributed by atoms with Gasteiger partial charge in [0.15, 0.2) is 0 Å². The average molecular weight is 205 g/mol. The van der Waals surface area contributed by atoms with Crippen molar-refractivity contribution in [3.8, 4) is 6.07 Å². The third-order valence-electron chi connectivity index (χ3n) is 1.88. The van der Waals surface area contributed by atoms with Crippen LogP contribution in [0, 0.1) is 17.1 Å². The van der Waals surface area contributed by atoms with Gasteiger partial charge in [-0.3, -0.25) is 0 Å². The maximum atomic E-state index is 12.9. The van der Waals surface area contributed by atoms with E-state index in [1.54, 1.807) is 13.0 Å². The summed E-state index contributed by atoms with van der Waals surface area (Å²) in [4.78, 5) is 10.4. The van der Waals surface area contributed by atoms with Gasteiger partial charge < -0.3 is 5.11 Å². The largest absolute Gasteiger partial charge is 0.478 e. The maximum Gasteiger partial charge on any atom is 0.328 e. The monoisotopic (exact) mass is 205 g/mol. The second-order valence-corrected chi connectivity index (χ2v) is 2.97. The number of allylic oxidation sites excluding steroid dienone is 1. The smallest absolute Gasteiger partial charge is 0.328 e. The molecule has 0 fully saturated rings. The van der Waals surface area contributed by atoms with Gasteiger partial charge in [0.05, 0.1) is 5.56 Å². The molecule has 0 aliphatic carbocycles. The summed E-state index contributed by atoms with van der Waals surface area (Å²) >= 11 is 0. The Bertz CT molecular complexity index is 472. The van der Waals surface area contributed by atoms with Crippen LogP contribution in [0.1, 0.15) is 18.1 Å². The first-order chi connectivity index (χ1) is 7.04. The van der Waals surface area contributed by atoms with Crippen molar-refractivity contribution < 1.29 is 14.3 Å². The molecule has 15 heavy (non-hydrogen) atoms. The standard InChI is InChI=1S/C11H8FNO2/c1-7(4-11(14)15)8-2-3-10(12)9(5-8)6-13/h2-5H,1H3,(H,14,15)/b7-4+. The summed E-state index contributed by atoms with van der Waals surface area (Å²) in [7, 11) is 0. The molecule has 1 aromatic carbocycles. The number of carbonyl (C=O) groups is 1. The van der Waals surface area contributed by atoms with E-state index in [0.29, 0.717) is 11.1 Å². The van der Waals surface area contributed by atoms with E-state index in [2.05, 4.69) is 0 Å². The van der Waals surface area contributed by atoms with E-state index in [-0.39, 0.29) is 5.56 Å². The van der Waals surface area contributed by atoms with Gasteiger partial charge in [0.1, 0.15) is 11.9 Å². The first-order valence-electron chi connectivity index (χ1n) is 4.16. The summed E-state index contributed by atoms with van der Waals surface area (Å²) in [6, 6.07) is 5.60. The van der Waals surface area contributed by atoms with Gasteiger partial charge in [-0.1, -0.05) is 6.07 Å². The summed E-state index contributed by atoms with van der Waals surface area (Å²) in [6.07, 6.45) is 1.01. The van der Waals surface area contributed by atoms with Gasteiger partial charge in [0.25, 0.3) is 0 Å². The number of nitrogens with zero attached hydrogens (tertiary/aromatic N) is 1. The molecule has 0 aliphatic heterocycles. The number of carboxylic acids is 1. The van der Waals surface area contributed by atoms with Crippen LogP contribution < -0.4 is 0 Å². The summed E-state index contributed by atoms with van der Waals surface area (Å²) in [5.41, 5.74) is 0.903. The van der Waals surface area contributed by atoms with E-state index in [1.165, 1.54) is 12.1 Å². The van der Waals surface area contributed by atoms with E-state index in [9.17, 15) is 9.18 Å². The SMILES string of the molecule is C/C(=C\C(=O)O)c1ccc(F)c(C#N)c1. The van der Waals surface area contributed by atoms with Gasteiger partial charge >= 0.3 is 5.97 Å². The van der Waals surface area contributed by atoms with Crippen LogP contribution in [0.3, 0.4) is 0 Å². The van der Waals surface area contributed by atoms with Crippen LogP contribution in [0.15, 0.2) is 24.3 Å². The number of aliphatic carboxylic acids is 1. The van der Waals surface area contributed by atoms with Crippen molar-refractivity contribution in [3.05, 3.63) is 41.2 Å². The van der Waals surface area contributed by atoms with Crippen molar-refractivity contribution in [3.63, 3.8) is 0 Å². The summed E-state index contributed by atoms with van der Waals surface area (Å²) < 4.78 is 12.9. The van der Waals surface area contributed by atoms with E-state index in [1.807, 2.05) is 0 Å². The Morgan fingerprint density at radius 2 is 2.27 bits per heavy atom. The molecule has 0 spiro atoms. The second kappa shape index (κ2) is 4.38. The third-order valence-corrected chi connectivity index (χ3v) is 1.88. The van der Waals surface area contributed by atoms with E-state index in [4.69, 9.17) is 10.4 Å². The van der Waals surface area contributed by atoms with E-state index >= 15 is 0 Å². The predicted molar refractivity (Wildman–Crippen MR) is 52.4 cm³/mol. The van der Waals surface area contributed by atoms with Gasteiger partial charge in [-0.15, -0.1) is 0 Å². The van der Waals surface area contributed by atoms with Gasteiger partial charge in [0, 0.05) is 6.08 Å². The summed E-state index contributed by atoms with van der Waals surface area (Å²) in [6.45, 7) is 1.59. The van der Waals surface area contributed by atoms with Crippen LogP contribution in [0.5, 0.6) is 0 Å². The first-order valence-corrected chi connectivity index (χ1v) is 4.16. The number of halogens is 1. The Labute approximate surface area is 86.1 Å². The predicted octanol–water partition coefficient (Wildman–Crippen LogP) is 2.19. The molecule has 3 nitrogen and oxygen atoms in total. The molecule has 0 aromatic heterocycles. The molecule has 1 N–H and O–H groups in total. The Morgan fingerprint density at radius 3 is 2.80 bits per heavy atom. The van der Waals surface area contributed by atoms with Crippen molar-refractivity contribution >= 4 is 11.5 Å². The lowest BCUT2D eigenvalue weighted by Crippen LogP contribution is -1.92. The summed E-state index contributed by atoms with van der Waals surface area (Å²) in [5, 5.41) is 17.1. The minimum Gasteiger partial charge on any atom is -0.478 e. The van der Waals surface area contributed by atoms with E-state index in [0.717, 1.165) is 12.1 Å². The van der Waals surface area contributed by atoms with Crippen LogP contribution >= 0.6 is 0 Å². The zero-order valence-corrected chi connectivity index (χ0v) is 7.99. The van der Waals surface area contributed by atoms with Crippen LogP contribution in [-0.4, -0.2) is 11.1 Å². The lowest BCUT2D eigenvalue weighted by atomic mass is 10.0. The molecule has 0 atom stereocenters. The number of carboxylic acid groups (broad SMARTS) is 1. The van der Waals surface area contributed by atoms with Crippen molar-refractivity contribution in [1.82, 2.24) is 0 Å². The number of hydrogen-bond donors (Lipinski definition) is 1. The topological polar surface area (TPSA) is 61.1 Å². The zero-order chi connectivity index (χ0) is 11.4. The van der Waals surface area contributed by atoms with Crippen molar-refractivity contribution in [2.24, 2.45) is 0 Å². The van der Waals surface area contributed by atoms with Gasteiger partial charge in [-0.05, 0) is 30.2 Å². The van der Waals surface area contributed by atoms with Crippen molar-refractivity contribution in [1.29, 1.82) is 5.26 Å². The molecule has 0 saturated carbocycles. The minimum absolute atomic E-state index is 0.0920. The molecule has 76 valence electrons. The fourth-order valence-corrected chi connectivity index (χ4v) is 1.12. The van der Waals surface area contributed by atoms with Crippen molar-refractivity contribution in [2.45, 2.75) is 6.92 Å². The quantitative estimate of drug-likeness (QED) is 0.752. The molecule has 0 bridgehead atoms. The highest BCUT2D eigenvalue weighted by Crippen LogP contribution is 2.17. The zero-order valence-electron chi connectivity index (χ0n) is 7.99. The Kier molecular flexibility index (Phi) is 3.19. The molecule has 1 aromatic rings. The normalized spacial score (nSPS) is 10.9. The Morgan fingerprint density at radius 1 is 1.60 bits per heavy atom. The van der Waals surface area contributed by atoms with E-state index < -0.39 is 11.8 Å². The molecular weight excluding hydrogens is 197 g/mol. The fraction of sp³-hybridized carbons (Fsp3) is 0.0909. The lowest BCUT2D eigenvalue weighted by molar-refractivity contribution is -0.131. The molecule has 0 unspecified atom stereocenters. The Balaban J connectivity index is 3.18. The molecular formula is C11H8FNO2. The second-order valence-electron chi connectivity index (χ2n) is 2.97. The van der Waals surface area contributed by atoms with Gasteiger partial charge in [-0.25, -0.2) is 9.18 Å². The number of benzene rings is 1. The minimum atomic E-state index is -1.07. The van der Waals surface area contributed by atoms with Crippen LogP contribution in [0.25, 0.3) is 5.57 Å². The highest BCUT2D eigenvalue weighted by atomic mass is 19.1. The summed E-state index contributed by atoms with van der Waals surface area (Å²) in [5.74, 6) is -1.68. The highest BCUT2D eigenvalue weighted by molar-refractivity contribution is 5.89. The number of nitriles is 1. The molecule has 0 saturated heterocycles. The fourth-order valence-electron chi connectivity index (χ4n) is 1.12. The molecule has 0 radical (unpaired) electrons. The number of rotatable bonds is 2. The molecule has 0 heterocycles. The molecule has 0 amide bonds. The molecule has 4 heteroatoms.